The summed E-state index contributed by atoms with van der Waals surface area (Å²) < 4.78 is 13.3. The summed E-state index contributed by atoms with van der Waals surface area (Å²) >= 11 is 0. The Morgan fingerprint density at radius 1 is 1.33 bits per heavy atom. The summed E-state index contributed by atoms with van der Waals surface area (Å²) in [5, 5.41) is 3.24. The smallest absolute Gasteiger partial charge is 0.148 e. The minimum absolute atomic E-state index is 0.211. The number of nitrogens with one attached hydrogen (secondary N) is 1. The Morgan fingerprint density at radius 3 is 2.78 bits per heavy atom. The highest BCUT2D eigenvalue weighted by molar-refractivity contribution is 5.66. The molecule has 4 heteroatoms. The van der Waals surface area contributed by atoms with E-state index in [1.165, 1.54) is 38.4 Å². The molecule has 0 aliphatic carbocycles. The monoisotopic (exact) mass is 251 g/mol. The molecule has 0 aromatic heterocycles. The van der Waals surface area contributed by atoms with Crippen LogP contribution in [0, 0.1) is 5.82 Å². The molecule has 1 aromatic rings. The first kappa shape index (κ1) is 13.1. The van der Waals surface area contributed by atoms with Crippen molar-refractivity contribution in [2.45, 2.75) is 32.2 Å². The average molecular weight is 251 g/mol. The van der Waals surface area contributed by atoms with E-state index in [2.05, 4.69) is 17.1 Å². The number of likely N-dealkylation sites (tertiary alicyclic amines) is 1. The maximum Gasteiger partial charge on any atom is 0.148 e. The van der Waals surface area contributed by atoms with Crippen LogP contribution in [0.1, 0.15) is 26.2 Å². The van der Waals surface area contributed by atoms with Crippen LogP contribution < -0.4 is 11.1 Å². The second-order valence-electron chi connectivity index (χ2n) is 5.03. The lowest BCUT2D eigenvalue weighted by molar-refractivity contribution is 0.180. The van der Waals surface area contributed by atoms with E-state index in [4.69, 9.17) is 5.73 Å². The van der Waals surface area contributed by atoms with Gasteiger partial charge in [-0.3, -0.25) is 4.90 Å². The van der Waals surface area contributed by atoms with Crippen LogP contribution in [0.25, 0.3) is 0 Å². The number of benzene rings is 1. The Kier molecular flexibility index (Phi) is 4.42. The summed E-state index contributed by atoms with van der Waals surface area (Å²) in [5.41, 5.74) is 6.60. The fourth-order valence-electron chi connectivity index (χ4n) is 2.44. The van der Waals surface area contributed by atoms with Gasteiger partial charge in [0.15, 0.2) is 0 Å². The lowest BCUT2D eigenvalue weighted by Gasteiger charge is -2.32. The van der Waals surface area contributed by atoms with Crippen molar-refractivity contribution in [1.29, 1.82) is 0 Å². The predicted octanol–water partition coefficient (Wildman–Crippen LogP) is 2.69. The average Bonchev–Trinajstić information content (AvgIpc) is 2.41. The molecule has 1 aromatic carbocycles. The number of halogens is 1. The highest BCUT2D eigenvalue weighted by atomic mass is 19.1. The van der Waals surface area contributed by atoms with Gasteiger partial charge in [0.1, 0.15) is 5.82 Å². The van der Waals surface area contributed by atoms with Gasteiger partial charge in [-0.05, 0) is 45.0 Å². The lowest BCUT2D eigenvalue weighted by atomic mass is 10.1. The van der Waals surface area contributed by atoms with E-state index in [9.17, 15) is 4.39 Å². The molecule has 100 valence electrons. The second-order valence-corrected chi connectivity index (χ2v) is 5.03. The number of nitrogens with zero attached hydrogens (tertiary/aromatic N) is 1. The fraction of sp³-hybridized carbons (Fsp3) is 0.571. The van der Waals surface area contributed by atoms with Crippen LogP contribution in [0.4, 0.5) is 15.8 Å². The van der Waals surface area contributed by atoms with Crippen LogP contribution >= 0.6 is 0 Å². The van der Waals surface area contributed by atoms with E-state index >= 15 is 0 Å². The topological polar surface area (TPSA) is 41.3 Å². The molecule has 1 aliphatic heterocycles. The summed E-state index contributed by atoms with van der Waals surface area (Å²) in [4.78, 5) is 2.48. The zero-order chi connectivity index (χ0) is 13.0. The molecule has 0 bridgehead atoms. The van der Waals surface area contributed by atoms with Gasteiger partial charge in [-0.2, -0.15) is 0 Å². The largest absolute Gasteiger partial charge is 0.395 e. The maximum atomic E-state index is 13.3. The number of hydrogen-bond donors (Lipinski definition) is 2. The Hall–Kier alpha value is -1.29. The molecule has 1 heterocycles. The zero-order valence-corrected chi connectivity index (χ0v) is 11.0. The Balaban J connectivity index is 1.88. The molecule has 2 rings (SSSR count). The van der Waals surface area contributed by atoms with Crippen molar-refractivity contribution < 1.29 is 4.39 Å². The predicted molar refractivity (Wildman–Crippen MR) is 74.2 cm³/mol. The Morgan fingerprint density at radius 2 is 2.06 bits per heavy atom. The molecule has 0 radical (unpaired) electrons. The van der Waals surface area contributed by atoms with E-state index in [1.807, 2.05) is 6.07 Å². The molecule has 1 unspecified atom stereocenters. The number of hydrogen-bond acceptors (Lipinski definition) is 3. The van der Waals surface area contributed by atoms with Crippen LogP contribution in [-0.2, 0) is 0 Å². The van der Waals surface area contributed by atoms with Gasteiger partial charge in [0.25, 0.3) is 0 Å². The highest BCUT2D eigenvalue weighted by Crippen LogP contribution is 2.21. The summed E-state index contributed by atoms with van der Waals surface area (Å²) in [6, 6.07) is 5.34. The molecule has 0 spiro atoms. The van der Waals surface area contributed by atoms with Gasteiger partial charge < -0.3 is 11.1 Å². The van der Waals surface area contributed by atoms with Crippen molar-refractivity contribution >= 4 is 11.4 Å². The molecule has 0 amide bonds. The van der Waals surface area contributed by atoms with E-state index in [0.717, 1.165) is 6.54 Å². The van der Waals surface area contributed by atoms with E-state index in [1.54, 1.807) is 6.07 Å². The van der Waals surface area contributed by atoms with Crippen molar-refractivity contribution in [3.8, 4) is 0 Å². The molecular weight excluding hydrogens is 229 g/mol. The minimum Gasteiger partial charge on any atom is -0.395 e. The molecule has 3 nitrogen and oxygen atoms in total. The first-order chi connectivity index (χ1) is 8.68. The summed E-state index contributed by atoms with van der Waals surface area (Å²) in [5.74, 6) is -0.356. The third kappa shape index (κ3) is 3.13. The van der Waals surface area contributed by atoms with Crippen LogP contribution in [0.3, 0.4) is 0 Å². The third-order valence-corrected chi connectivity index (χ3v) is 3.65. The molecular formula is C14H22FN3. The summed E-state index contributed by atoms with van der Waals surface area (Å²) in [6.07, 6.45) is 3.91. The summed E-state index contributed by atoms with van der Waals surface area (Å²) in [7, 11) is 0. The van der Waals surface area contributed by atoms with Gasteiger partial charge in [-0.1, -0.05) is 12.5 Å². The quantitative estimate of drug-likeness (QED) is 0.808. The van der Waals surface area contributed by atoms with Crippen LogP contribution in [0.5, 0.6) is 0 Å². The van der Waals surface area contributed by atoms with Gasteiger partial charge in [0, 0.05) is 12.6 Å². The van der Waals surface area contributed by atoms with Gasteiger partial charge in [-0.25, -0.2) is 4.39 Å². The Bertz CT molecular complexity index is 389. The Labute approximate surface area is 108 Å². The van der Waals surface area contributed by atoms with E-state index in [-0.39, 0.29) is 11.5 Å². The number of anilines is 2. The van der Waals surface area contributed by atoms with Crippen molar-refractivity contribution in [1.82, 2.24) is 4.90 Å². The van der Waals surface area contributed by atoms with Gasteiger partial charge in [-0.15, -0.1) is 0 Å². The molecule has 1 atom stereocenters. The molecule has 18 heavy (non-hydrogen) atoms. The number of nitrogens with two attached hydrogens (primary N) is 1. The van der Waals surface area contributed by atoms with Crippen LogP contribution in [-0.4, -0.2) is 30.6 Å². The second kappa shape index (κ2) is 6.05. The normalized spacial score (nSPS) is 18.6. The van der Waals surface area contributed by atoms with Crippen molar-refractivity contribution in [2.75, 3.05) is 30.7 Å². The molecule has 3 N–H and O–H groups in total. The third-order valence-electron chi connectivity index (χ3n) is 3.65. The van der Waals surface area contributed by atoms with Crippen LogP contribution in [0.15, 0.2) is 18.2 Å². The van der Waals surface area contributed by atoms with Gasteiger partial charge >= 0.3 is 0 Å². The van der Waals surface area contributed by atoms with E-state index < -0.39 is 0 Å². The molecule has 1 saturated heterocycles. The van der Waals surface area contributed by atoms with E-state index in [0.29, 0.717) is 11.7 Å². The maximum absolute atomic E-state index is 13.3. The fourth-order valence-corrected chi connectivity index (χ4v) is 2.44. The minimum atomic E-state index is -0.356. The molecule has 0 saturated carbocycles. The number of rotatable bonds is 4. The van der Waals surface area contributed by atoms with Crippen molar-refractivity contribution in [3.05, 3.63) is 24.0 Å². The first-order valence-corrected chi connectivity index (χ1v) is 6.70. The molecule has 1 fully saturated rings. The first-order valence-electron chi connectivity index (χ1n) is 6.70. The van der Waals surface area contributed by atoms with Crippen molar-refractivity contribution in [2.24, 2.45) is 0 Å². The summed E-state index contributed by atoms with van der Waals surface area (Å²) in [6.45, 7) is 5.34. The van der Waals surface area contributed by atoms with Crippen molar-refractivity contribution in [3.63, 3.8) is 0 Å². The van der Waals surface area contributed by atoms with Gasteiger partial charge in [0.05, 0.1) is 11.4 Å². The van der Waals surface area contributed by atoms with Gasteiger partial charge in [0.2, 0.25) is 0 Å². The number of piperidine rings is 1. The standard InChI is InChI=1S/C14H22FN3/c1-11(18-8-3-2-4-9-18)10-17-13-7-5-6-12(15)14(13)16/h5-7,11,17H,2-4,8-10,16H2,1H3. The SMILES string of the molecule is CC(CNc1cccc(F)c1N)N1CCCCC1. The number of nitrogen functional groups attached to an aromatic ring is 1. The zero-order valence-electron chi connectivity index (χ0n) is 11.0. The highest BCUT2D eigenvalue weighted by Gasteiger charge is 2.16. The van der Waals surface area contributed by atoms with Crippen LogP contribution in [0.2, 0.25) is 0 Å². The number of para-hydroxylation sites is 1. The molecule has 1 aliphatic rings. The lowest BCUT2D eigenvalue weighted by Crippen LogP contribution is -2.41.